The van der Waals surface area contributed by atoms with Crippen LogP contribution in [0.1, 0.15) is 20.8 Å². The number of rotatable bonds is 1. The van der Waals surface area contributed by atoms with E-state index < -0.39 is 8.07 Å². The highest BCUT2D eigenvalue weighted by atomic mass is 32.1. The smallest absolute Gasteiger partial charge is 0.0987 e. The number of thiophene rings is 1. The van der Waals surface area contributed by atoms with Crippen LogP contribution in [0.3, 0.4) is 0 Å². The van der Waals surface area contributed by atoms with Crippen LogP contribution < -0.4 is 4.50 Å². The molecular weight excluding hydrogens is 180 g/mol. The van der Waals surface area contributed by atoms with Gasteiger partial charge in [0.15, 0.2) is 0 Å². The lowest BCUT2D eigenvalue weighted by Crippen LogP contribution is -2.47. The molecule has 1 aromatic rings. The lowest BCUT2D eigenvalue weighted by molar-refractivity contribution is 0.730. The Bertz CT molecular complexity index is 241. The van der Waals surface area contributed by atoms with Gasteiger partial charge in [0.05, 0.1) is 8.07 Å². The Labute approximate surface area is 80.6 Å². The molecule has 1 aromatic heterocycles. The summed E-state index contributed by atoms with van der Waals surface area (Å²) in [5.41, 5.74) is 0. The molecule has 0 nitrogen and oxygen atoms in total. The molecule has 0 aliphatic carbocycles. The van der Waals surface area contributed by atoms with Gasteiger partial charge in [-0.15, -0.1) is 0 Å². The molecule has 0 aliphatic rings. The molecule has 0 bridgehead atoms. The molecule has 0 amide bonds. The normalized spacial score (nSPS) is 13.4. The first-order valence-corrected chi connectivity index (χ1v) is 8.27. The standard InChI is InChI=1S/C10H18SSi/c1-10(2,3)12(4,5)9-7-6-8-11-9/h6-8H,1-5H3. The van der Waals surface area contributed by atoms with Crippen LogP contribution in [0.15, 0.2) is 17.5 Å². The maximum Gasteiger partial charge on any atom is 0.0987 e. The maximum atomic E-state index is 2.46. The van der Waals surface area contributed by atoms with Crippen molar-refractivity contribution in [3.63, 3.8) is 0 Å². The Balaban J connectivity index is 3.02. The second-order valence-electron chi connectivity index (χ2n) is 4.85. The minimum atomic E-state index is -1.21. The number of hydrogen-bond acceptors (Lipinski definition) is 1. The summed E-state index contributed by atoms with van der Waals surface area (Å²) in [5, 5.41) is 2.66. The predicted octanol–water partition coefficient (Wildman–Crippen LogP) is 3.46. The van der Waals surface area contributed by atoms with Gasteiger partial charge in [-0.3, -0.25) is 0 Å². The highest BCUT2D eigenvalue weighted by Crippen LogP contribution is 2.36. The second-order valence-corrected chi connectivity index (χ2v) is 11.5. The van der Waals surface area contributed by atoms with E-state index in [1.807, 2.05) is 11.3 Å². The largest absolute Gasteiger partial charge is 0.154 e. The molecule has 68 valence electrons. The van der Waals surface area contributed by atoms with E-state index in [1.54, 1.807) is 4.50 Å². The molecule has 0 unspecified atom stereocenters. The van der Waals surface area contributed by atoms with E-state index in [0.29, 0.717) is 5.04 Å². The van der Waals surface area contributed by atoms with Gasteiger partial charge < -0.3 is 0 Å². The Morgan fingerprint density at radius 3 is 2.17 bits per heavy atom. The van der Waals surface area contributed by atoms with Gasteiger partial charge in [-0.05, 0) is 14.9 Å². The monoisotopic (exact) mass is 198 g/mol. The topological polar surface area (TPSA) is 0 Å². The van der Waals surface area contributed by atoms with Gasteiger partial charge in [-0.1, -0.05) is 46.0 Å². The Morgan fingerprint density at radius 1 is 1.25 bits per heavy atom. The predicted molar refractivity (Wildman–Crippen MR) is 61.2 cm³/mol. The van der Waals surface area contributed by atoms with Crippen molar-refractivity contribution in [1.82, 2.24) is 0 Å². The average Bonchev–Trinajstić information content (AvgIpc) is 2.34. The van der Waals surface area contributed by atoms with Crippen molar-refractivity contribution in [2.75, 3.05) is 0 Å². The zero-order chi connectivity index (χ0) is 9.41. The molecule has 1 rings (SSSR count). The molecule has 0 saturated carbocycles. The fourth-order valence-electron chi connectivity index (χ4n) is 1.00. The van der Waals surface area contributed by atoms with Gasteiger partial charge in [0.25, 0.3) is 0 Å². The molecule has 0 saturated heterocycles. The van der Waals surface area contributed by atoms with Crippen LogP contribution in [0.25, 0.3) is 0 Å². The molecule has 0 aromatic carbocycles. The zero-order valence-corrected chi connectivity index (χ0v) is 10.5. The third kappa shape index (κ3) is 1.64. The van der Waals surface area contributed by atoms with Gasteiger partial charge in [0.1, 0.15) is 0 Å². The molecule has 0 aliphatic heterocycles. The van der Waals surface area contributed by atoms with Crippen LogP contribution in [0, 0.1) is 0 Å². The lowest BCUT2D eigenvalue weighted by Gasteiger charge is -2.35. The van der Waals surface area contributed by atoms with Gasteiger partial charge in [-0.25, -0.2) is 0 Å². The lowest BCUT2D eigenvalue weighted by atomic mass is 10.2. The summed E-state index contributed by atoms with van der Waals surface area (Å²) in [5.74, 6) is 0. The Morgan fingerprint density at radius 2 is 1.83 bits per heavy atom. The van der Waals surface area contributed by atoms with E-state index in [-0.39, 0.29) is 0 Å². The fraction of sp³-hybridized carbons (Fsp3) is 0.600. The third-order valence-electron chi connectivity index (χ3n) is 3.01. The molecule has 0 spiro atoms. The van der Waals surface area contributed by atoms with E-state index in [9.17, 15) is 0 Å². The quantitative estimate of drug-likeness (QED) is 0.606. The van der Waals surface area contributed by atoms with Crippen LogP contribution in [0.4, 0.5) is 0 Å². The van der Waals surface area contributed by atoms with Crippen LogP contribution in [-0.2, 0) is 0 Å². The molecule has 0 N–H and O–H groups in total. The van der Waals surface area contributed by atoms with E-state index in [1.165, 1.54) is 0 Å². The second kappa shape index (κ2) is 3.00. The summed E-state index contributed by atoms with van der Waals surface area (Å²) in [6.45, 7) is 12.0. The number of hydrogen-bond donors (Lipinski definition) is 0. The van der Waals surface area contributed by atoms with E-state index >= 15 is 0 Å². The first kappa shape index (κ1) is 10.0. The van der Waals surface area contributed by atoms with Gasteiger partial charge >= 0.3 is 0 Å². The average molecular weight is 198 g/mol. The van der Waals surface area contributed by atoms with Crippen LogP contribution >= 0.6 is 11.3 Å². The van der Waals surface area contributed by atoms with E-state index in [0.717, 1.165) is 0 Å². The third-order valence-corrected chi connectivity index (χ3v) is 10.7. The first-order valence-electron chi connectivity index (χ1n) is 4.40. The Kier molecular flexibility index (Phi) is 2.50. The molecule has 12 heavy (non-hydrogen) atoms. The molecular formula is C10H18SSi. The highest BCUT2D eigenvalue weighted by Gasteiger charge is 2.37. The summed E-state index contributed by atoms with van der Waals surface area (Å²) >= 11 is 1.92. The molecule has 1 heterocycles. The molecule has 2 heteroatoms. The van der Waals surface area contributed by atoms with Crippen LogP contribution in [0.5, 0.6) is 0 Å². The maximum absolute atomic E-state index is 2.46. The minimum absolute atomic E-state index is 0.470. The van der Waals surface area contributed by atoms with Crippen molar-refractivity contribution in [2.24, 2.45) is 0 Å². The van der Waals surface area contributed by atoms with Crippen molar-refractivity contribution in [2.45, 2.75) is 38.9 Å². The summed E-state index contributed by atoms with van der Waals surface area (Å²) < 4.78 is 1.62. The van der Waals surface area contributed by atoms with Gasteiger partial charge in [-0.2, -0.15) is 11.3 Å². The van der Waals surface area contributed by atoms with Gasteiger partial charge in [0, 0.05) is 0 Å². The summed E-state index contributed by atoms with van der Waals surface area (Å²) in [4.78, 5) is 0. The summed E-state index contributed by atoms with van der Waals surface area (Å²) in [6.07, 6.45) is 0. The van der Waals surface area contributed by atoms with E-state index in [4.69, 9.17) is 0 Å². The van der Waals surface area contributed by atoms with Crippen LogP contribution in [0.2, 0.25) is 18.1 Å². The molecule has 0 fully saturated rings. The van der Waals surface area contributed by atoms with Crippen molar-refractivity contribution in [1.29, 1.82) is 0 Å². The van der Waals surface area contributed by atoms with Crippen molar-refractivity contribution in [3.05, 3.63) is 17.5 Å². The van der Waals surface area contributed by atoms with E-state index in [2.05, 4.69) is 51.4 Å². The van der Waals surface area contributed by atoms with Crippen LogP contribution in [-0.4, -0.2) is 8.07 Å². The summed E-state index contributed by atoms with van der Waals surface area (Å²) in [6, 6.07) is 4.46. The Hall–Kier alpha value is -0.0831. The zero-order valence-electron chi connectivity index (χ0n) is 8.64. The highest BCUT2D eigenvalue weighted by molar-refractivity contribution is 7.25. The van der Waals surface area contributed by atoms with Crippen molar-refractivity contribution < 1.29 is 0 Å². The molecule has 0 atom stereocenters. The summed E-state index contributed by atoms with van der Waals surface area (Å²) in [7, 11) is -1.21. The fourth-order valence-corrected chi connectivity index (χ4v) is 5.02. The first-order chi connectivity index (χ1) is 5.36. The SMILES string of the molecule is CC(C)(C)[Si](C)(C)c1cccs1. The minimum Gasteiger partial charge on any atom is -0.154 e. The van der Waals surface area contributed by atoms with Crippen molar-refractivity contribution >= 4 is 23.9 Å². The molecule has 0 radical (unpaired) electrons. The van der Waals surface area contributed by atoms with Crippen molar-refractivity contribution in [3.8, 4) is 0 Å². The van der Waals surface area contributed by atoms with Gasteiger partial charge in [0.2, 0.25) is 0 Å².